The van der Waals surface area contributed by atoms with Crippen LogP contribution in [-0.4, -0.2) is 34.7 Å². The summed E-state index contributed by atoms with van der Waals surface area (Å²) in [5.41, 5.74) is 10.1. The van der Waals surface area contributed by atoms with Gasteiger partial charge in [-0.25, -0.2) is 0 Å². The van der Waals surface area contributed by atoms with E-state index in [4.69, 9.17) is 5.73 Å². The number of anilines is 2. The Morgan fingerprint density at radius 3 is 2.64 bits per heavy atom. The Bertz CT molecular complexity index is 988. The molecule has 0 aliphatic carbocycles. The first-order chi connectivity index (χ1) is 13.7. The van der Waals surface area contributed by atoms with Gasteiger partial charge in [-0.1, -0.05) is 36.4 Å². The molecule has 0 saturated carbocycles. The zero-order chi connectivity index (χ0) is 19.5. The topological polar surface area (TPSA) is 92.3 Å². The molecule has 1 aliphatic heterocycles. The predicted molar refractivity (Wildman–Crippen MR) is 110 cm³/mol. The van der Waals surface area contributed by atoms with Gasteiger partial charge in [-0.05, 0) is 36.6 Å². The van der Waals surface area contributed by atoms with Crippen LogP contribution in [0.25, 0.3) is 11.3 Å². The van der Waals surface area contributed by atoms with Gasteiger partial charge in [-0.3, -0.25) is 4.79 Å². The van der Waals surface area contributed by atoms with Crippen LogP contribution in [0.2, 0.25) is 0 Å². The number of carbonyl (C=O) groups excluding carboxylic acids is 1. The maximum atomic E-state index is 10.9. The maximum Gasteiger partial charge on any atom is 0.169 e. The molecule has 3 aromatic rings. The number of hydrogen-bond donors (Lipinski definition) is 2. The van der Waals surface area contributed by atoms with Gasteiger partial charge in [0.2, 0.25) is 0 Å². The second-order valence-electron chi connectivity index (χ2n) is 7.09. The Morgan fingerprint density at radius 1 is 1.11 bits per heavy atom. The maximum absolute atomic E-state index is 10.9. The number of phenolic OH excluding ortho intramolecular Hbond substituents is 1. The summed E-state index contributed by atoms with van der Waals surface area (Å²) in [5, 5.41) is 18.4. The number of piperidine rings is 1. The lowest BCUT2D eigenvalue weighted by Crippen LogP contribution is -2.35. The van der Waals surface area contributed by atoms with E-state index >= 15 is 0 Å². The van der Waals surface area contributed by atoms with Crippen molar-refractivity contribution < 1.29 is 9.90 Å². The minimum atomic E-state index is 0.166. The molecule has 2 aromatic carbocycles. The van der Waals surface area contributed by atoms with Gasteiger partial charge in [0.1, 0.15) is 12.0 Å². The highest BCUT2D eigenvalue weighted by molar-refractivity contribution is 5.75. The number of para-hydroxylation sites is 1. The quantitative estimate of drug-likeness (QED) is 0.678. The Balaban J connectivity index is 1.62. The van der Waals surface area contributed by atoms with E-state index in [9.17, 15) is 9.90 Å². The molecule has 1 unspecified atom stereocenters. The zero-order valence-corrected chi connectivity index (χ0v) is 15.5. The number of carbonyl (C=O) groups is 1. The molecule has 1 aliphatic rings. The van der Waals surface area contributed by atoms with Crippen molar-refractivity contribution in [1.82, 2.24) is 10.2 Å². The number of aromatic nitrogens is 2. The van der Waals surface area contributed by atoms with E-state index in [1.807, 2.05) is 42.5 Å². The zero-order valence-electron chi connectivity index (χ0n) is 15.5. The van der Waals surface area contributed by atoms with Crippen LogP contribution in [0.1, 0.15) is 34.7 Å². The fourth-order valence-corrected chi connectivity index (χ4v) is 3.78. The van der Waals surface area contributed by atoms with Gasteiger partial charge in [0, 0.05) is 30.1 Å². The fraction of sp³-hybridized carbons (Fsp3) is 0.227. The Kier molecular flexibility index (Phi) is 4.93. The van der Waals surface area contributed by atoms with Crippen LogP contribution >= 0.6 is 0 Å². The SMILES string of the molecule is Nc1nnc(-c2ccccc2O)cc1N1CCCC(c2ccc(C=O)cc2)C1. The first-order valence-electron chi connectivity index (χ1n) is 9.37. The smallest absolute Gasteiger partial charge is 0.169 e. The number of hydrogen-bond acceptors (Lipinski definition) is 6. The molecule has 3 N–H and O–H groups in total. The van der Waals surface area contributed by atoms with Crippen LogP contribution < -0.4 is 10.6 Å². The number of benzene rings is 2. The van der Waals surface area contributed by atoms with E-state index in [1.54, 1.807) is 12.1 Å². The van der Waals surface area contributed by atoms with Crippen LogP contribution in [0.3, 0.4) is 0 Å². The fourth-order valence-electron chi connectivity index (χ4n) is 3.78. The van der Waals surface area contributed by atoms with E-state index in [2.05, 4.69) is 15.1 Å². The number of nitrogens with two attached hydrogens (primary N) is 1. The molecule has 2 heterocycles. The summed E-state index contributed by atoms with van der Waals surface area (Å²) in [6, 6.07) is 16.7. The van der Waals surface area contributed by atoms with Gasteiger partial charge in [0.25, 0.3) is 0 Å². The number of nitrogen functional groups attached to an aromatic ring is 1. The largest absolute Gasteiger partial charge is 0.507 e. The summed E-state index contributed by atoms with van der Waals surface area (Å²) < 4.78 is 0. The number of phenols is 1. The van der Waals surface area contributed by atoms with Gasteiger partial charge in [-0.2, -0.15) is 0 Å². The lowest BCUT2D eigenvalue weighted by Gasteiger charge is -2.35. The molecule has 28 heavy (non-hydrogen) atoms. The monoisotopic (exact) mass is 374 g/mol. The molecular weight excluding hydrogens is 352 g/mol. The van der Waals surface area contributed by atoms with Crippen LogP contribution in [0.5, 0.6) is 5.75 Å². The first kappa shape index (κ1) is 18.0. The summed E-state index contributed by atoms with van der Waals surface area (Å²) in [5.74, 6) is 0.908. The summed E-state index contributed by atoms with van der Waals surface area (Å²) in [6.45, 7) is 1.70. The molecule has 0 amide bonds. The third-order valence-electron chi connectivity index (χ3n) is 5.29. The highest BCUT2D eigenvalue weighted by Crippen LogP contribution is 2.35. The van der Waals surface area contributed by atoms with Crippen molar-refractivity contribution in [3.05, 3.63) is 65.7 Å². The normalized spacial score (nSPS) is 16.7. The van der Waals surface area contributed by atoms with E-state index < -0.39 is 0 Å². The van der Waals surface area contributed by atoms with E-state index in [0.717, 1.165) is 37.9 Å². The first-order valence-corrected chi connectivity index (χ1v) is 9.37. The minimum absolute atomic E-state index is 0.166. The average molecular weight is 374 g/mol. The average Bonchev–Trinajstić information content (AvgIpc) is 2.75. The third-order valence-corrected chi connectivity index (χ3v) is 5.29. The van der Waals surface area contributed by atoms with Gasteiger partial charge in [-0.15, -0.1) is 10.2 Å². The van der Waals surface area contributed by atoms with Crippen molar-refractivity contribution in [2.24, 2.45) is 0 Å². The molecule has 1 fully saturated rings. The second-order valence-corrected chi connectivity index (χ2v) is 7.09. The van der Waals surface area contributed by atoms with Crippen LogP contribution in [0, 0.1) is 0 Å². The highest BCUT2D eigenvalue weighted by atomic mass is 16.3. The van der Waals surface area contributed by atoms with Gasteiger partial charge >= 0.3 is 0 Å². The molecule has 1 aromatic heterocycles. The summed E-state index contributed by atoms with van der Waals surface area (Å²) >= 11 is 0. The molecule has 0 bridgehead atoms. The van der Waals surface area contributed by atoms with Crippen molar-refractivity contribution in [3.63, 3.8) is 0 Å². The van der Waals surface area contributed by atoms with Gasteiger partial charge in [0.05, 0.1) is 11.4 Å². The van der Waals surface area contributed by atoms with Crippen LogP contribution in [0.15, 0.2) is 54.6 Å². The molecule has 0 radical (unpaired) electrons. The van der Waals surface area contributed by atoms with Crippen molar-refractivity contribution in [2.45, 2.75) is 18.8 Å². The number of aromatic hydroxyl groups is 1. The summed E-state index contributed by atoms with van der Waals surface area (Å²) in [4.78, 5) is 13.1. The molecule has 6 heteroatoms. The minimum Gasteiger partial charge on any atom is -0.507 e. The number of aldehydes is 1. The number of nitrogens with zero attached hydrogens (tertiary/aromatic N) is 3. The highest BCUT2D eigenvalue weighted by Gasteiger charge is 2.24. The summed E-state index contributed by atoms with van der Waals surface area (Å²) in [7, 11) is 0. The van der Waals surface area contributed by atoms with Crippen molar-refractivity contribution in [3.8, 4) is 17.0 Å². The standard InChI is InChI=1S/C22H22N4O2/c23-22-20(12-19(24-25-22)18-5-1-2-6-21(18)28)26-11-3-4-17(13-26)16-9-7-15(14-27)8-10-16/h1-2,5-10,12,14,17,28H,3-4,11,13H2,(H2,23,25). The molecule has 0 spiro atoms. The van der Waals surface area contributed by atoms with Crippen molar-refractivity contribution in [2.75, 3.05) is 23.7 Å². The lowest BCUT2D eigenvalue weighted by atomic mass is 9.90. The van der Waals surface area contributed by atoms with Crippen molar-refractivity contribution >= 4 is 17.8 Å². The van der Waals surface area contributed by atoms with E-state index in [1.165, 1.54) is 5.56 Å². The van der Waals surface area contributed by atoms with Crippen LogP contribution in [-0.2, 0) is 0 Å². The molecule has 1 saturated heterocycles. The molecule has 4 rings (SSSR count). The van der Waals surface area contributed by atoms with E-state index in [-0.39, 0.29) is 5.75 Å². The third kappa shape index (κ3) is 3.53. The van der Waals surface area contributed by atoms with E-state index in [0.29, 0.717) is 28.6 Å². The summed E-state index contributed by atoms with van der Waals surface area (Å²) in [6.07, 6.45) is 2.98. The Hall–Kier alpha value is -3.41. The van der Waals surface area contributed by atoms with Gasteiger partial charge < -0.3 is 15.7 Å². The molecular formula is C22H22N4O2. The lowest BCUT2D eigenvalue weighted by molar-refractivity contribution is 0.112. The van der Waals surface area contributed by atoms with Crippen LogP contribution in [0.4, 0.5) is 11.5 Å². The Labute approximate surface area is 163 Å². The van der Waals surface area contributed by atoms with Gasteiger partial charge in [0.15, 0.2) is 5.82 Å². The molecule has 1 atom stereocenters. The molecule has 6 nitrogen and oxygen atoms in total. The second kappa shape index (κ2) is 7.68. The predicted octanol–water partition coefficient (Wildman–Crippen LogP) is 3.63. The van der Waals surface area contributed by atoms with Crippen molar-refractivity contribution in [1.29, 1.82) is 0 Å². The number of rotatable bonds is 4. The Morgan fingerprint density at radius 2 is 1.89 bits per heavy atom. The molecule has 142 valence electrons.